The molecule has 9 heavy (non-hydrogen) atoms. The molecule has 0 aromatic carbocycles. The Bertz CT molecular complexity index is 85.0. The molecule has 1 rings (SSSR count). The van der Waals surface area contributed by atoms with Crippen LogP contribution in [0.25, 0.3) is 0 Å². The van der Waals surface area contributed by atoms with Crippen LogP contribution in [0, 0.1) is 11.8 Å². The van der Waals surface area contributed by atoms with Gasteiger partial charge in [0.15, 0.2) is 0 Å². The molecular weight excluding hydrogens is 114 g/mol. The van der Waals surface area contributed by atoms with E-state index >= 15 is 0 Å². The standard InChI is InChI=1S/C7H15NO/c1-6-4-8-3-2-7(6)5-9/h6-9H,2-5H2,1H3. The highest BCUT2D eigenvalue weighted by Gasteiger charge is 2.19. The number of hydrogen-bond donors (Lipinski definition) is 2. The highest BCUT2D eigenvalue weighted by atomic mass is 16.3. The molecule has 1 saturated heterocycles. The molecule has 2 nitrogen and oxygen atoms in total. The van der Waals surface area contributed by atoms with Crippen molar-refractivity contribution in [1.82, 2.24) is 5.32 Å². The first-order valence-corrected chi connectivity index (χ1v) is 3.66. The van der Waals surface area contributed by atoms with Gasteiger partial charge in [0, 0.05) is 6.61 Å². The summed E-state index contributed by atoms with van der Waals surface area (Å²) in [6, 6.07) is 0. The molecule has 1 heterocycles. The van der Waals surface area contributed by atoms with E-state index in [0.29, 0.717) is 18.4 Å². The van der Waals surface area contributed by atoms with Crippen LogP contribution in [-0.4, -0.2) is 24.8 Å². The van der Waals surface area contributed by atoms with E-state index in [9.17, 15) is 0 Å². The highest BCUT2D eigenvalue weighted by Crippen LogP contribution is 2.16. The minimum atomic E-state index is 0.364. The summed E-state index contributed by atoms with van der Waals surface area (Å²) in [5.41, 5.74) is 0. The minimum absolute atomic E-state index is 0.364. The van der Waals surface area contributed by atoms with E-state index in [-0.39, 0.29) is 0 Å². The minimum Gasteiger partial charge on any atom is -0.396 e. The van der Waals surface area contributed by atoms with Crippen LogP contribution < -0.4 is 5.32 Å². The summed E-state index contributed by atoms with van der Waals surface area (Å²) in [6.45, 7) is 4.71. The predicted octanol–water partition coefficient (Wildman–Crippen LogP) is 0.224. The van der Waals surface area contributed by atoms with E-state index in [2.05, 4.69) is 12.2 Å². The van der Waals surface area contributed by atoms with Gasteiger partial charge in [0.25, 0.3) is 0 Å². The smallest absolute Gasteiger partial charge is 0.0462 e. The monoisotopic (exact) mass is 129 g/mol. The lowest BCUT2D eigenvalue weighted by Crippen LogP contribution is -2.36. The summed E-state index contributed by atoms with van der Waals surface area (Å²) >= 11 is 0. The number of aliphatic hydroxyl groups excluding tert-OH is 1. The second-order valence-corrected chi connectivity index (χ2v) is 2.91. The van der Waals surface area contributed by atoms with E-state index in [1.54, 1.807) is 0 Å². The number of aliphatic hydroxyl groups is 1. The summed E-state index contributed by atoms with van der Waals surface area (Å²) in [7, 11) is 0. The van der Waals surface area contributed by atoms with E-state index in [0.717, 1.165) is 19.5 Å². The van der Waals surface area contributed by atoms with Gasteiger partial charge >= 0.3 is 0 Å². The van der Waals surface area contributed by atoms with Crippen LogP contribution in [-0.2, 0) is 0 Å². The van der Waals surface area contributed by atoms with E-state index in [1.165, 1.54) is 0 Å². The Morgan fingerprint density at radius 1 is 1.67 bits per heavy atom. The van der Waals surface area contributed by atoms with Gasteiger partial charge in [-0.05, 0) is 31.3 Å². The Kier molecular flexibility index (Phi) is 2.49. The van der Waals surface area contributed by atoms with Crippen LogP contribution >= 0.6 is 0 Å². The van der Waals surface area contributed by atoms with Gasteiger partial charge in [-0.2, -0.15) is 0 Å². The van der Waals surface area contributed by atoms with Gasteiger partial charge in [0.1, 0.15) is 0 Å². The quantitative estimate of drug-likeness (QED) is 0.531. The number of piperidine rings is 1. The van der Waals surface area contributed by atoms with E-state index in [1.807, 2.05) is 0 Å². The molecule has 2 N–H and O–H groups in total. The zero-order valence-corrected chi connectivity index (χ0v) is 5.93. The third kappa shape index (κ3) is 1.66. The van der Waals surface area contributed by atoms with Crippen molar-refractivity contribution >= 4 is 0 Å². The largest absolute Gasteiger partial charge is 0.396 e. The van der Waals surface area contributed by atoms with Crippen molar-refractivity contribution in [3.63, 3.8) is 0 Å². The maximum absolute atomic E-state index is 8.83. The predicted molar refractivity (Wildman–Crippen MR) is 37.2 cm³/mol. The lowest BCUT2D eigenvalue weighted by atomic mass is 9.89. The van der Waals surface area contributed by atoms with Crippen LogP contribution in [0.5, 0.6) is 0 Å². The molecule has 2 heteroatoms. The van der Waals surface area contributed by atoms with Crippen LogP contribution in [0.1, 0.15) is 13.3 Å². The molecule has 0 aliphatic carbocycles. The molecule has 0 aromatic rings. The third-order valence-electron chi connectivity index (χ3n) is 2.20. The number of rotatable bonds is 1. The number of nitrogens with one attached hydrogen (secondary N) is 1. The fraction of sp³-hybridized carbons (Fsp3) is 1.00. The van der Waals surface area contributed by atoms with Crippen molar-refractivity contribution < 1.29 is 5.11 Å². The number of hydrogen-bond acceptors (Lipinski definition) is 2. The Morgan fingerprint density at radius 3 is 2.89 bits per heavy atom. The van der Waals surface area contributed by atoms with Crippen LogP contribution in [0.3, 0.4) is 0 Å². The van der Waals surface area contributed by atoms with Gasteiger partial charge in [-0.15, -0.1) is 0 Å². The highest BCUT2D eigenvalue weighted by molar-refractivity contribution is 4.73. The topological polar surface area (TPSA) is 32.3 Å². The fourth-order valence-corrected chi connectivity index (χ4v) is 1.34. The molecule has 1 aliphatic rings. The summed E-state index contributed by atoms with van der Waals surface area (Å²) < 4.78 is 0. The zero-order chi connectivity index (χ0) is 6.69. The lowest BCUT2D eigenvalue weighted by molar-refractivity contribution is 0.153. The average Bonchev–Trinajstić information content (AvgIpc) is 1.89. The van der Waals surface area contributed by atoms with Crippen molar-refractivity contribution in [3.05, 3.63) is 0 Å². The normalized spacial score (nSPS) is 36.7. The first-order chi connectivity index (χ1) is 4.34. The van der Waals surface area contributed by atoms with Crippen molar-refractivity contribution in [1.29, 1.82) is 0 Å². The Hall–Kier alpha value is -0.0800. The molecule has 0 bridgehead atoms. The molecule has 1 fully saturated rings. The SMILES string of the molecule is CC1CNCCC1CO. The molecule has 0 spiro atoms. The van der Waals surface area contributed by atoms with Gasteiger partial charge in [-0.25, -0.2) is 0 Å². The Morgan fingerprint density at radius 2 is 2.44 bits per heavy atom. The van der Waals surface area contributed by atoms with E-state index < -0.39 is 0 Å². The molecule has 0 saturated carbocycles. The molecular formula is C7H15NO. The van der Waals surface area contributed by atoms with Gasteiger partial charge in [-0.1, -0.05) is 6.92 Å². The first kappa shape index (κ1) is 7.03. The van der Waals surface area contributed by atoms with Crippen LogP contribution in [0.2, 0.25) is 0 Å². The third-order valence-corrected chi connectivity index (χ3v) is 2.20. The molecule has 0 aromatic heterocycles. The lowest BCUT2D eigenvalue weighted by Gasteiger charge is -2.27. The van der Waals surface area contributed by atoms with Crippen LogP contribution in [0.4, 0.5) is 0 Å². The molecule has 54 valence electrons. The summed E-state index contributed by atoms with van der Waals surface area (Å²) in [5, 5.41) is 12.1. The molecule has 2 unspecified atom stereocenters. The second-order valence-electron chi connectivity index (χ2n) is 2.91. The van der Waals surface area contributed by atoms with Crippen molar-refractivity contribution in [2.45, 2.75) is 13.3 Å². The van der Waals surface area contributed by atoms with Gasteiger partial charge in [0.05, 0.1) is 0 Å². The van der Waals surface area contributed by atoms with Crippen molar-refractivity contribution in [2.75, 3.05) is 19.7 Å². The first-order valence-electron chi connectivity index (χ1n) is 3.66. The summed E-state index contributed by atoms with van der Waals surface area (Å²) in [5.74, 6) is 1.20. The fourth-order valence-electron chi connectivity index (χ4n) is 1.34. The maximum Gasteiger partial charge on any atom is 0.0462 e. The van der Waals surface area contributed by atoms with Crippen molar-refractivity contribution in [2.24, 2.45) is 11.8 Å². The summed E-state index contributed by atoms with van der Waals surface area (Å²) in [6.07, 6.45) is 1.14. The van der Waals surface area contributed by atoms with Gasteiger partial charge in [-0.3, -0.25) is 0 Å². The Balaban J connectivity index is 2.30. The van der Waals surface area contributed by atoms with Gasteiger partial charge < -0.3 is 10.4 Å². The Labute approximate surface area is 56.3 Å². The molecule has 1 aliphatic heterocycles. The maximum atomic E-state index is 8.83. The van der Waals surface area contributed by atoms with Gasteiger partial charge in [0.2, 0.25) is 0 Å². The molecule has 0 amide bonds. The van der Waals surface area contributed by atoms with E-state index in [4.69, 9.17) is 5.11 Å². The average molecular weight is 129 g/mol. The van der Waals surface area contributed by atoms with Crippen LogP contribution in [0.15, 0.2) is 0 Å². The zero-order valence-electron chi connectivity index (χ0n) is 5.93. The van der Waals surface area contributed by atoms with Crippen molar-refractivity contribution in [3.8, 4) is 0 Å². The second kappa shape index (κ2) is 3.18. The molecule has 0 radical (unpaired) electrons. The summed E-state index contributed by atoms with van der Waals surface area (Å²) in [4.78, 5) is 0. The molecule has 2 atom stereocenters.